The predicted molar refractivity (Wildman–Crippen MR) is 100 cm³/mol. The minimum atomic E-state index is -2.17. The summed E-state index contributed by atoms with van der Waals surface area (Å²) < 4.78 is 9.99. The fourth-order valence-corrected chi connectivity index (χ4v) is 4.03. The van der Waals surface area contributed by atoms with E-state index in [-0.39, 0.29) is 19.6 Å². The number of para-hydroxylation sites is 1. The Morgan fingerprint density at radius 1 is 1.24 bits per heavy atom. The molecule has 1 amide bonds. The summed E-state index contributed by atoms with van der Waals surface area (Å²) >= 11 is 0. The summed E-state index contributed by atoms with van der Waals surface area (Å²) in [7, 11) is 0. The quantitative estimate of drug-likeness (QED) is 0.572. The Morgan fingerprint density at radius 3 is 2.72 bits per heavy atom. The van der Waals surface area contributed by atoms with E-state index in [9.17, 15) is 19.2 Å². The molecule has 0 radical (unpaired) electrons. The third-order valence-electron chi connectivity index (χ3n) is 5.47. The second kappa shape index (κ2) is 6.95. The lowest BCUT2D eigenvalue weighted by Crippen LogP contribution is -2.60. The van der Waals surface area contributed by atoms with E-state index in [1.165, 1.54) is 4.90 Å². The molecule has 0 aliphatic carbocycles. The number of Topliss-reactive ketones (excluding diaryl/α,β-unsaturated/α-hetero) is 1. The fraction of sp³-hybridized carbons (Fsp3) is 0.381. The van der Waals surface area contributed by atoms with Crippen LogP contribution in [0.4, 0.5) is 0 Å². The molecule has 4 rings (SSSR count). The van der Waals surface area contributed by atoms with E-state index in [0.29, 0.717) is 5.69 Å². The van der Waals surface area contributed by atoms with Crippen LogP contribution in [0.2, 0.25) is 0 Å². The van der Waals surface area contributed by atoms with E-state index in [1.807, 2.05) is 30.3 Å². The van der Waals surface area contributed by atoms with E-state index in [4.69, 9.17) is 9.47 Å². The lowest BCUT2D eigenvalue weighted by atomic mass is 9.76. The van der Waals surface area contributed by atoms with E-state index < -0.39 is 41.7 Å². The first kappa shape index (κ1) is 19.0. The average molecular weight is 396 g/mol. The van der Waals surface area contributed by atoms with Crippen molar-refractivity contribution >= 4 is 34.5 Å². The van der Waals surface area contributed by atoms with E-state index >= 15 is 0 Å². The smallest absolute Gasteiger partial charge is 0.332 e. The van der Waals surface area contributed by atoms with Gasteiger partial charge in [-0.15, -0.1) is 0 Å². The van der Waals surface area contributed by atoms with Crippen molar-refractivity contribution in [3.05, 3.63) is 41.6 Å². The van der Waals surface area contributed by atoms with Crippen LogP contribution in [0.1, 0.15) is 37.6 Å². The number of pyridine rings is 1. The number of benzene rings is 1. The topological polar surface area (TPSA) is 103 Å². The van der Waals surface area contributed by atoms with Gasteiger partial charge in [-0.3, -0.25) is 24.2 Å². The standard InChI is InChI=1S/C21H20N2O6/c1-3-28-20(27)21(11-29-12(2)24)17(25)9-16-18-14(10-23(16)19(21)26)8-13-6-4-5-7-15(13)22-18/h4-8,16H,3,9-11H2,1-2H3. The van der Waals surface area contributed by atoms with Gasteiger partial charge in [0.1, 0.15) is 6.61 Å². The SMILES string of the molecule is CCOC(=O)C1(COC(C)=O)C(=O)CC2c3nc4ccccc4cc3CN2C1=O. The summed E-state index contributed by atoms with van der Waals surface area (Å²) in [4.78, 5) is 56.7. The molecule has 0 N–H and O–H groups in total. The number of hydrogen-bond donors (Lipinski definition) is 0. The van der Waals surface area contributed by atoms with Gasteiger partial charge in [0.15, 0.2) is 5.78 Å². The maximum atomic E-state index is 13.4. The zero-order chi connectivity index (χ0) is 20.8. The number of aromatic nitrogens is 1. The number of esters is 2. The largest absolute Gasteiger partial charge is 0.465 e. The molecule has 29 heavy (non-hydrogen) atoms. The van der Waals surface area contributed by atoms with E-state index in [1.54, 1.807) is 6.92 Å². The van der Waals surface area contributed by atoms with Gasteiger partial charge in [0, 0.05) is 25.3 Å². The molecule has 0 spiro atoms. The van der Waals surface area contributed by atoms with Crippen LogP contribution >= 0.6 is 0 Å². The first-order chi connectivity index (χ1) is 13.9. The van der Waals surface area contributed by atoms with Crippen molar-refractivity contribution < 1.29 is 28.7 Å². The molecule has 1 saturated heterocycles. The summed E-state index contributed by atoms with van der Waals surface area (Å²) in [6.07, 6.45) is -0.0931. The number of ether oxygens (including phenoxy) is 2. The van der Waals surface area contributed by atoms with Crippen LogP contribution in [-0.4, -0.2) is 46.7 Å². The Bertz CT molecular complexity index is 1050. The van der Waals surface area contributed by atoms with Crippen LogP contribution in [0, 0.1) is 5.41 Å². The van der Waals surface area contributed by atoms with Crippen molar-refractivity contribution in [2.75, 3.05) is 13.2 Å². The van der Waals surface area contributed by atoms with Crippen LogP contribution in [0.3, 0.4) is 0 Å². The first-order valence-corrected chi connectivity index (χ1v) is 9.42. The molecule has 8 nitrogen and oxygen atoms in total. The molecule has 2 unspecified atom stereocenters. The highest BCUT2D eigenvalue weighted by molar-refractivity contribution is 6.23. The first-order valence-electron chi connectivity index (χ1n) is 9.42. The number of rotatable bonds is 4. The Labute approximate surface area is 166 Å². The molecule has 0 bridgehead atoms. The van der Waals surface area contributed by atoms with Crippen LogP contribution < -0.4 is 0 Å². The van der Waals surface area contributed by atoms with E-state index in [0.717, 1.165) is 23.4 Å². The van der Waals surface area contributed by atoms with Crippen LogP contribution in [0.5, 0.6) is 0 Å². The van der Waals surface area contributed by atoms with Crippen molar-refractivity contribution in [2.24, 2.45) is 5.41 Å². The number of carbonyl (C=O) groups is 4. The lowest BCUT2D eigenvalue weighted by Gasteiger charge is -2.39. The van der Waals surface area contributed by atoms with Crippen molar-refractivity contribution in [2.45, 2.75) is 32.9 Å². The minimum Gasteiger partial charge on any atom is -0.465 e. The molecule has 8 heteroatoms. The summed E-state index contributed by atoms with van der Waals surface area (Å²) in [6.45, 7) is 2.30. The number of carbonyl (C=O) groups excluding carboxylic acids is 4. The summed E-state index contributed by atoms with van der Waals surface area (Å²) in [5, 5.41) is 0.932. The molecule has 1 aromatic heterocycles. The van der Waals surface area contributed by atoms with Crippen LogP contribution in [0.25, 0.3) is 10.9 Å². The van der Waals surface area contributed by atoms with Crippen molar-refractivity contribution in [1.82, 2.24) is 9.88 Å². The molecule has 3 heterocycles. The highest BCUT2D eigenvalue weighted by Gasteiger charge is 2.62. The second-order valence-corrected chi connectivity index (χ2v) is 7.21. The molecule has 1 fully saturated rings. The molecule has 150 valence electrons. The molecule has 1 aromatic carbocycles. The number of hydrogen-bond acceptors (Lipinski definition) is 7. The number of ketones is 1. The Balaban J connectivity index is 1.76. The predicted octanol–water partition coefficient (Wildman–Crippen LogP) is 1.70. The Morgan fingerprint density at radius 2 is 2.00 bits per heavy atom. The molecular weight excluding hydrogens is 376 g/mol. The van der Waals surface area contributed by atoms with Gasteiger partial charge < -0.3 is 14.4 Å². The number of piperidine rings is 1. The summed E-state index contributed by atoms with van der Waals surface area (Å²) in [6, 6.07) is 8.97. The Hall–Kier alpha value is -3.29. The van der Waals surface area contributed by atoms with Crippen molar-refractivity contribution in [3.8, 4) is 0 Å². The molecule has 2 aromatic rings. The molecule has 2 aliphatic heterocycles. The molecule has 2 atom stereocenters. The lowest BCUT2D eigenvalue weighted by molar-refractivity contribution is -0.179. The third kappa shape index (κ3) is 2.86. The highest BCUT2D eigenvalue weighted by Crippen LogP contribution is 2.45. The monoisotopic (exact) mass is 396 g/mol. The number of amides is 1. The maximum Gasteiger partial charge on any atom is 0.332 e. The third-order valence-corrected chi connectivity index (χ3v) is 5.47. The van der Waals surface area contributed by atoms with Gasteiger partial charge in [-0.25, -0.2) is 0 Å². The van der Waals surface area contributed by atoms with E-state index in [2.05, 4.69) is 4.98 Å². The van der Waals surface area contributed by atoms with Crippen molar-refractivity contribution in [1.29, 1.82) is 0 Å². The molecule has 2 aliphatic rings. The van der Waals surface area contributed by atoms with Crippen molar-refractivity contribution in [3.63, 3.8) is 0 Å². The fourth-order valence-electron chi connectivity index (χ4n) is 4.03. The zero-order valence-electron chi connectivity index (χ0n) is 16.1. The van der Waals surface area contributed by atoms with Gasteiger partial charge in [-0.05, 0) is 24.6 Å². The highest BCUT2D eigenvalue weighted by atomic mass is 16.6. The minimum absolute atomic E-state index is 0.00217. The normalized spacial score (nSPS) is 23.0. The van der Waals surface area contributed by atoms with Crippen LogP contribution in [0.15, 0.2) is 30.3 Å². The Kier molecular flexibility index (Phi) is 4.56. The van der Waals surface area contributed by atoms with Gasteiger partial charge in [-0.1, -0.05) is 18.2 Å². The van der Waals surface area contributed by atoms with Gasteiger partial charge in [0.2, 0.25) is 5.41 Å². The molecule has 0 saturated carbocycles. The molecular formula is C21H20N2O6. The van der Waals surface area contributed by atoms with Gasteiger partial charge in [0.05, 0.1) is 23.9 Å². The summed E-state index contributed by atoms with van der Waals surface area (Å²) in [5.74, 6) is -3.00. The number of fused-ring (bicyclic) bond motifs is 4. The van der Waals surface area contributed by atoms with Gasteiger partial charge in [0.25, 0.3) is 5.91 Å². The maximum absolute atomic E-state index is 13.4. The van der Waals surface area contributed by atoms with Gasteiger partial charge in [-0.2, -0.15) is 0 Å². The van der Waals surface area contributed by atoms with Gasteiger partial charge >= 0.3 is 11.9 Å². The van der Waals surface area contributed by atoms with Crippen LogP contribution in [-0.2, 0) is 35.2 Å². The zero-order valence-corrected chi connectivity index (χ0v) is 16.1. The average Bonchev–Trinajstić information content (AvgIpc) is 3.04. The number of nitrogens with zero attached hydrogens (tertiary/aromatic N) is 2. The second-order valence-electron chi connectivity index (χ2n) is 7.21. The summed E-state index contributed by atoms with van der Waals surface area (Å²) in [5.41, 5.74) is 0.104.